The highest BCUT2D eigenvalue weighted by molar-refractivity contribution is 5.95. The van der Waals surface area contributed by atoms with Crippen molar-refractivity contribution in [3.8, 4) is 5.75 Å². The summed E-state index contributed by atoms with van der Waals surface area (Å²) in [6.45, 7) is -0.316. The van der Waals surface area contributed by atoms with Gasteiger partial charge in [0.2, 0.25) is 5.95 Å². The van der Waals surface area contributed by atoms with Crippen molar-refractivity contribution in [1.29, 1.82) is 0 Å². The maximum Gasteiger partial charge on any atom is 0.417 e. The van der Waals surface area contributed by atoms with Crippen LogP contribution in [0.2, 0.25) is 0 Å². The lowest BCUT2D eigenvalue weighted by Gasteiger charge is -2.18. The van der Waals surface area contributed by atoms with Gasteiger partial charge in [-0.3, -0.25) is 14.6 Å². The van der Waals surface area contributed by atoms with Crippen LogP contribution in [0.5, 0.6) is 5.75 Å². The number of hydrogen-bond donors (Lipinski definition) is 5. The molecule has 0 fully saturated rings. The Hall–Kier alpha value is -4.94. The highest BCUT2D eigenvalue weighted by atomic mass is 19.1. The standard InChI is InChI=1S/C19H13FN6O4.CH2O2/c20-11-7-21-18(23-10-1-3-12-15(6-10)29-8-16(27)24-12)26-17(11)22-9-2-4-14-13(5-9)25-19(28)30-14;2-1-3/h1-7H,8H2,(H,24,27)(H,25,28)(H2,21,22,23,26);1H,(H,2,3). The maximum atomic E-state index is 14.2. The summed E-state index contributed by atoms with van der Waals surface area (Å²) in [5, 5.41) is 15.4. The Bertz CT molecular complexity index is 1400. The van der Waals surface area contributed by atoms with Crippen LogP contribution < -0.4 is 26.4 Å². The van der Waals surface area contributed by atoms with Crippen LogP contribution in [-0.2, 0) is 9.59 Å². The molecule has 33 heavy (non-hydrogen) atoms. The number of H-pyrrole nitrogens is 1. The van der Waals surface area contributed by atoms with Crippen molar-refractivity contribution in [1.82, 2.24) is 15.0 Å². The van der Waals surface area contributed by atoms with Gasteiger partial charge in [0.15, 0.2) is 23.8 Å². The number of aromatic nitrogens is 3. The minimum atomic E-state index is -0.655. The number of ether oxygens (including phenoxy) is 1. The third-order valence-corrected chi connectivity index (χ3v) is 4.30. The van der Waals surface area contributed by atoms with E-state index >= 15 is 0 Å². The molecule has 13 heteroatoms. The van der Waals surface area contributed by atoms with E-state index in [1.54, 1.807) is 36.4 Å². The summed E-state index contributed by atoms with van der Waals surface area (Å²) < 4.78 is 24.5. The van der Waals surface area contributed by atoms with E-state index in [1.165, 1.54) is 0 Å². The lowest BCUT2D eigenvalue weighted by Crippen LogP contribution is -2.25. The quantitative estimate of drug-likeness (QED) is 0.289. The number of carbonyl (C=O) groups is 2. The third-order valence-electron chi connectivity index (χ3n) is 4.30. The number of anilines is 5. The molecule has 0 aliphatic carbocycles. The fraction of sp³-hybridized carbons (Fsp3) is 0.0500. The molecule has 1 aliphatic rings. The molecule has 0 atom stereocenters. The van der Waals surface area contributed by atoms with Gasteiger partial charge in [0.25, 0.3) is 12.4 Å². The molecule has 1 aliphatic heterocycles. The number of nitrogens with one attached hydrogen (secondary N) is 4. The van der Waals surface area contributed by atoms with E-state index in [0.29, 0.717) is 33.9 Å². The molecule has 0 radical (unpaired) electrons. The number of oxazole rings is 1. The van der Waals surface area contributed by atoms with Crippen molar-refractivity contribution in [2.24, 2.45) is 0 Å². The minimum absolute atomic E-state index is 0.0563. The van der Waals surface area contributed by atoms with E-state index in [2.05, 4.69) is 30.9 Å². The summed E-state index contributed by atoms with van der Waals surface area (Å²) in [5.74, 6) is -0.857. The molecular formula is C20H15FN6O6. The minimum Gasteiger partial charge on any atom is -0.483 e. The van der Waals surface area contributed by atoms with Gasteiger partial charge in [0, 0.05) is 17.4 Å². The fourth-order valence-electron chi connectivity index (χ4n) is 2.96. The number of hydrogen-bond acceptors (Lipinski definition) is 9. The van der Waals surface area contributed by atoms with Crippen LogP contribution >= 0.6 is 0 Å². The Kier molecular flexibility index (Phi) is 5.84. The summed E-state index contributed by atoms with van der Waals surface area (Å²) in [6.07, 6.45) is 1.03. The summed E-state index contributed by atoms with van der Waals surface area (Å²) in [6, 6.07) is 9.87. The largest absolute Gasteiger partial charge is 0.483 e. The van der Waals surface area contributed by atoms with E-state index in [9.17, 15) is 14.0 Å². The van der Waals surface area contributed by atoms with E-state index in [0.717, 1.165) is 6.20 Å². The second kappa shape index (κ2) is 9.05. The number of aromatic amines is 1. The van der Waals surface area contributed by atoms with Gasteiger partial charge < -0.3 is 30.2 Å². The average Bonchev–Trinajstić information content (AvgIpc) is 3.16. The third kappa shape index (κ3) is 4.87. The van der Waals surface area contributed by atoms with Gasteiger partial charge in [0.05, 0.1) is 17.4 Å². The van der Waals surface area contributed by atoms with Crippen LogP contribution in [0.15, 0.2) is 51.8 Å². The number of benzene rings is 2. The van der Waals surface area contributed by atoms with Crippen LogP contribution in [0.3, 0.4) is 0 Å². The van der Waals surface area contributed by atoms with Crippen molar-refractivity contribution in [2.75, 3.05) is 22.6 Å². The zero-order valence-corrected chi connectivity index (χ0v) is 16.6. The number of carbonyl (C=O) groups excluding carboxylic acids is 1. The summed E-state index contributed by atoms with van der Waals surface area (Å²) in [7, 11) is 0. The Morgan fingerprint density at radius 1 is 1.12 bits per heavy atom. The number of rotatable bonds is 4. The first-order valence-electron chi connectivity index (χ1n) is 9.29. The molecule has 1 amide bonds. The molecule has 0 bridgehead atoms. The first-order valence-corrected chi connectivity index (χ1v) is 9.29. The van der Waals surface area contributed by atoms with E-state index in [1.807, 2.05) is 0 Å². The normalized spacial score (nSPS) is 12.0. The zero-order chi connectivity index (χ0) is 23.4. The van der Waals surface area contributed by atoms with Crippen molar-refractivity contribution in [2.45, 2.75) is 0 Å². The zero-order valence-electron chi connectivity index (χ0n) is 16.6. The predicted molar refractivity (Wildman–Crippen MR) is 115 cm³/mol. The Balaban J connectivity index is 0.000000821. The van der Waals surface area contributed by atoms with Gasteiger partial charge in [-0.05, 0) is 30.3 Å². The molecule has 0 saturated carbocycles. The average molecular weight is 454 g/mol. The maximum absolute atomic E-state index is 14.2. The lowest BCUT2D eigenvalue weighted by molar-refractivity contribution is -0.123. The van der Waals surface area contributed by atoms with Gasteiger partial charge in [-0.2, -0.15) is 4.98 Å². The molecule has 2 aromatic carbocycles. The van der Waals surface area contributed by atoms with Gasteiger partial charge in [-0.25, -0.2) is 14.2 Å². The van der Waals surface area contributed by atoms with Crippen LogP contribution in [-0.4, -0.2) is 39.0 Å². The van der Waals surface area contributed by atoms with E-state index < -0.39 is 11.6 Å². The second-order valence-corrected chi connectivity index (χ2v) is 6.52. The van der Waals surface area contributed by atoms with Gasteiger partial charge in [-0.15, -0.1) is 0 Å². The van der Waals surface area contributed by atoms with Gasteiger partial charge in [0.1, 0.15) is 5.75 Å². The molecule has 2 aromatic heterocycles. The molecule has 168 valence electrons. The van der Waals surface area contributed by atoms with Crippen molar-refractivity contribution >= 4 is 52.3 Å². The van der Waals surface area contributed by atoms with Crippen LogP contribution in [0.1, 0.15) is 0 Å². The Morgan fingerprint density at radius 3 is 2.70 bits per heavy atom. The van der Waals surface area contributed by atoms with E-state index in [-0.39, 0.29) is 30.8 Å². The highest BCUT2D eigenvalue weighted by Gasteiger charge is 2.16. The predicted octanol–water partition coefficient (Wildman–Crippen LogP) is 2.57. The summed E-state index contributed by atoms with van der Waals surface area (Å²) >= 11 is 0. The SMILES string of the molecule is O=C1COc2cc(Nc3ncc(F)c(Nc4ccc5oc(=O)[nH]c5c4)n3)ccc2N1.O=CO. The molecule has 0 saturated heterocycles. The summed E-state index contributed by atoms with van der Waals surface area (Å²) in [4.78, 5) is 41.6. The van der Waals surface area contributed by atoms with Gasteiger partial charge in [-0.1, -0.05) is 0 Å². The lowest BCUT2D eigenvalue weighted by atomic mass is 10.2. The Morgan fingerprint density at radius 2 is 1.88 bits per heavy atom. The Labute approximate surface area is 183 Å². The number of carboxylic acid groups (broad SMARTS) is 1. The van der Waals surface area contributed by atoms with Crippen LogP contribution in [0, 0.1) is 5.82 Å². The summed E-state index contributed by atoms with van der Waals surface area (Å²) in [5.41, 5.74) is 2.52. The smallest absolute Gasteiger partial charge is 0.417 e. The van der Waals surface area contributed by atoms with Crippen molar-refractivity contribution in [3.05, 3.63) is 59.0 Å². The highest BCUT2D eigenvalue weighted by Crippen LogP contribution is 2.31. The molecule has 4 aromatic rings. The van der Waals surface area contributed by atoms with Crippen molar-refractivity contribution in [3.63, 3.8) is 0 Å². The monoisotopic (exact) mass is 454 g/mol. The topological polar surface area (TPSA) is 171 Å². The van der Waals surface area contributed by atoms with E-state index in [4.69, 9.17) is 19.1 Å². The first kappa shape index (κ1) is 21.3. The number of halogens is 1. The number of fused-ring (bicyclic) bond motifs is 2. The van der Waals surface area contributed by atoms with Crippen molar-refractivity contribution < 1.29 is 28.2 Å². The van der Waals surface area contributed by atoms with Crippen LogP contribution in [0.25, 0.3) is 11.1 Å². The number of nitrogens with zero attached hydrogens (tertiary/aromatic N) is 2. The fourth-order valence-corrected chi connectivity index (χ4v) is 2.96. The molecule has 12 nitrogen and oxygen atoms in total. The number of amides is 1. The molecular weight excluding hydrogens is 439 g/mol. The van der Waals surface area contributed by atoms with Gasteiger partial charge >= 0.3 is 5.76 Å². The molecule has 5 rings (SSSR count). The molecule has 5 N–H and O–H groups in total. The van der Waals surface area contributed by atoms with Crippen LogP contribution in [0.4, 0.5) is 33.2 Å². The first-order chi connectivity index (χ1) is 15.9. The second-order valence-electron chi connectivity index (χ2n) is 6.52. The molecule has 0 spiro atoms. The molecule has 3 heterocycles. The molecule has 0 unspecified atom stereocenters.